The Balaban J connectivity index is 2.78. The van der Waals surface area contributed by atoms with E-state index < -0.39 is 0 Å². The quantitative estimate of drug-likeness (QED) is 0.743. The van der Waals surface area contributed by atoms with Crippen LogP contribution in [-0.4, -0.2) is 34.2 Å². The van der Waals surface area contributed by atoms with Gasteiger partial charge in [0.25, 0.3) is 0 Å². The largest absolute Gasteiger partial charge is 0.495 e. The van der Waals surface area contributed by atoms with Gasteiger partial charge < -0.3 is 18.9 Å². The molecule has 0 amide bonds. The zero-order chi connectivity index (χ0) is 12.4. The van der Waals surface area contributed by atoms with Crippen molar-refractivity contribution in [2.75, 3.05) is 27.9 Å². The molecule has 5 nitrogen and oxygen atoms in total. The van der Waals surface area contributed by atoms with Crippen molar-refractivity contribution < 1.29 is 23.7 Å². The van der Waals surface area contributed by atoms with Crippen LogP contribution in [0.5, 0.6) is 23.0 Å². The van der Waals surface area contributed by atoms with Crippen LogP contribution in [0.2, 0.25) is 0 Å². The SMILES string of the molecule is COc1c(C=O)c(OC)c(OC)c2c1CCO2. The summed E-state index contributed by atoms with van der Waals surface area (Å²) in [6, 6.07) is 0. The highest BCUT2D eigenvalue weighted by Gasteiger charge is 2.30. The van der Waals surface area contributed by atoms with Gasteiger partial charge in [-0.25, -0.2) is 0 Å². The second-order valence-electron chi connectivity index (χ2n) is 3.54. The third-order valence-electron chi connectivity index (χ3n) is 2.78. The molecule has 0 unspecified atom stereocenters. The molecule has 0 spiro atoms. The summed E-state index contributed by atoms with van der Waals surface area (Å²) in [6.07, 6.45) is 1.40. The molecule has 0 saturated heterocycles. The smallest absolute Gasteiger partial charge is 0.204 e. The number of ether oxygens (including phenoxy) is 4. The third-order valence-corrected chi connectivity index (χ3v) is 2.78. The van der Waals surface area contributed by atoms with E-state index in [4.69, 9.17) is 18.9 Å². The van der Waals surface area contributed by atoms with Gasteiger partial charge in [-0.05, 0) is 0 Å². The fourth-order valence-corrected chi connectivity index (χ4v) is 2.09. The highest BCUT2D eigenvalue weighted by atomic mass is 16.5. The molecule has 0 aliphatic carbocycles. The molecular weight excluding hydrogens is 224 g/mol. The van der Waals surface area contributed by atoms with Gasteiger partial charge in [-0.3, -0.25) is 4.79 Å². The lowest BCUT2D eigenvalue weighted by Crippen LogP contribution is -2.02. The lowest BCUT2D eigenvalue weighted by molar-refractivity contribution is 0.111. The van der Waals surface area contributed by atoms with Crippen LogP contribution in [0.3, 0.4) is 0 Å². The minimum absolute atomic E-state index is 0.347. The van der Waals surface area contributed by atoms with Crippen LogP contribution in [0.1, 0.15) is 15.9 Å². The molecular formula is C12H14O5. The van der Waals surface area contributed by atoms with Gasteiger partial charge in [0, 0.05) is 12.0 Å². The Morgan fingerprint density at radius 2 is 1.71 bits per heavy atom. The van der Waals surface area contributed by atoms with Crippen LogP contribution in [-0.2, 0) is 6.42 Å². The summed E-state index contributed by atoms with van der Waals surface area (Å²) in [4.78, 5) is 11.2. The molecule has 1 aromatic rings. The predicted molar refractivity (Wildman–Crippen MR) is 60.7 cm³/mol. The zero-order valence-electron chi connectivity index (χ0n) is 10.0. The molecule has 1 heterocycles. The maximum atomic E-state index is 11.2. The van der Waals surface area contributed by atoms with Gasteiger partial charge in [0.1, 0.15) is 11.3 Å². The predicted octanol–water partition coefficient (Wildman–Crippen LogP) is 1.46. The Bertz CT molecular complexity index is 453. The van der Waals surface area contributed by atoms with E-state index in [9.17, 15) is 4.79 Å². The Morgan fingerprint density at radius 1 is 1.06 bits per heavy atom. The number of hydrogen-bond acceptors (Lipinski definition) is 5. The monoisotopic (exact) mass is 238 g/mol. The molecule has 17 heavy (non-hydrogen) atoms. The third kappa shape index (κ3) is 1.58. The summed E-state index contributed by atoms with van der Waals surface area (Å²) in [7, 11) is 4.51. The van der Waals surface area contributed by atoms with Crippen molar-refractivity contribution in [3.63, 3.8) is 0 Å². The summed E-state index contributed by atoms with van der Waals surface area (Å²) >= 11 is 0. The van der Waals surface area contributed by atoms with Gasteiger partial charge in [-0.1, -0.05) is 0 Å². The van der Waals surface area contributed by atoms with Gasteiger partial charge in [0.05, 0.1) is 27.9 Å². The average molecular weight is 238 g/mol. The van der Waals surface area contributed by atoms with Crippen molar-refractivity contribution in [3.8, 4) is 23.0 Å². The molecule has 0 atom stereocenters. The first kappa shape index (κ1) is 11.6. The Hall–Kier alpha value is -1.91. The van der Waals surface area contributed by atoms with Crippen LogP contribution in [0.15, 0.2) is 0 Å². The lowest BCUT2D eigenvalue weighted by Gasteiger charge is -2.17. The summed E-state index contributed by atoms with van der Waals surface area (Å²) in [6.45, 7) is 0.549. The van der Waals surface area contributed by atoms with E-state index in [1.165, 1.54) is 21.3 Å². The van der Waals surface area contributed by atoms with Crippen LogP contribution in [0, 0.1) is 0 Å². The number of rotatable bonds is 4. The zero-order valence-corrected chi connectivity index (χ0v) is 10.0. The maximum absolute atomic E-state index is 11.2. The molecule has 0 bridgehead atoms. The summed E-state index contributed by atoms with van der Waals surface area (Å²) < 4.78 is 21.2. The van der Waals surface area contributed by atoms with Gasteiger partial charge in [0.2, 0.25) is 5.75 Å². The van der Waals surface area contributed by atoms with Crippen molar-refractivity contribution in [1.82, 2.24) is 0 Å². The van der Waals surface area contributed by atoms with Crippen LogP contribution in [0.4, 0.5) is 0 Å². The van der Waals surface area contributed by atoms with Gasteiger partial charge >= 0.3 is 0 Å². The van der Waals surface area contributed by atoms with E-state index in [2.05, 4.69) is 0 Å². The number of benzene rings is 1. The molecule has 92 valence electrons. The Labute approximate surface area is 99.2 Å². The van der Waals surface area contributed by atoms with E-state index in [0.717, 1.165) is 5.56 Å². The van der Waals surface area contributed by atoms with Crippen molar-refractivity contribution in [3.05, 3.63) is 11.1 Å². The maximum Gasteiger partial charge on any atom is 0.204 e. The molecule has 0 radical (unpaired) electrons. The van der Waals surface area contributed by atoms with Gasteiger partial charge in [-0.15, -0.1) is 0 Å². The van der Waals surface area contributed by atoms with E-state index >= 15 is 0 Å². The average Bonchev–Trinajstić information content (AvgIpc) is 2.84. The number of methoxy groups -OCH3 is 3. The van der Waals surface area contributed by atoms with Crippen molar-refractivity contribution in [2.45, 2.75) is 6.42 Å². The van der Waals surface area contributed by atoms with E-state index in [-0.39, 0.29) is 0 Å². The standard InChI is InChI=1S/C12H14O5/c1-14-9-7-4-5-17-11(7)12(16-3)10(15-2)8(9)6-13/h6H,4-5H2,1-3H3. The molecule has 0 N–H and O–H groups in total. The number of carbonyl (C=O) groups is 1. The molecule has 0 aromatic heterocycles. The second-order valence-corrected chi connectivity index (χ2v) is 3.54. The first-order chi connectivity index (χ1) is 8.28. The first-order valence-corrected chi connectivity index (χ1v) is 5.21. The van der Waals surface area contributed by atoms with Crippen LogP contribution >= 0.6 is 0 Å². The molecule has 5 heteroatoms. The first-order valence-electron chi connectivity index (χ1n) is 5.21. The minimum Gasteiger partial charge on any atom is -0.495 e. The number of hydrogen-bond donors (Lipinski definition) is 0. The topological polar surface area (TPSA) is 54.0 Å². The Kier molecular flexibility index (Phi) is 3.08. The van der Waals surface area contributed by atoms with Gasteiger partial charge in [0.15, 0.2) is 17.8 Å². The van der Waals surface area contributed by atoms with Crippen molar-refractivity contribution in [1.29, 1.82) is 0 Å². The molecule has 1 aliphatic rings. The van der Waals surface area contributed by atoms with E-state index in [1.807, 2.05) is 0 Å². The summed E-state index contributed by atoms with van der Waals surface area (Å²) in [5.74, 6) is 1.90. The number of aldehydes is 1. The highest BCUT2D eigenvalue weighted by molar-refractivity contribution is 5.89. The normalized spacial score (nSPS) is 12.6. The Morgan fingerprint density at radius 3 is 2.24 bits per heavy atom. The molecule has 0 fully saturated rings. The molecule has 2 rings (SSSR count). The van der Waals surface area contributed by atoms with Crippen molar-refractivity contribution >= 4 is 6.29 Å². The summed E-state index contributed by atoms with van der Waals surface area (Å²) in [5.41, 5.74) is 1.21. The number of carbonyl (C=O) groups excluding carboxylic acids is 1. The molecule has 0 saturated carbocycles. The van der Waals surface area contributed by atoms with Crippen LogP contribution in [0.25, 0.3) is 0 Å². The van der Waals surface area contributed by atoms with Crippen molar-refractivity contribution in [2.24, 2.45) is 0 Å². The molecule has 1 aromatic carbocycles. The number of fused-ring (bicyclic) bond motifs is 1. The summed E-state index contributed by atoms with van der Waals surface area (Å²) in [5, 5.41) is 0. The van der Waals surface area contributed by atoms with E-state index in [1.54, 1.807) is 0 Å². The fraction of sp³-hybridized carbons (Fsp3) is 0.417. The highest BCUT2D eigenvalue weighted by Crippen LogP contribution is 2.50. The fourth-order valence-electron chi connectivity index (χ4n) is 2.09. The van der Waals surface area contributed by atoms with Crippen LogP contribution < -0.4 is 18.9 Å². The lowest BCUT2D eigenvalue weighted by atomic mass is 10.0. The van der Waals surface area contributed by atoms with E-state index in [0.29, 0.717) is 47.9 Å². The minimum atomic E-state index is 0.347. The van der Waals surface area contributed by atoms with Gasteiger partial charge in [-0.2, -0.15) is 0 Å². The molecule has 1 aliphatic heterocycles. The second kappa shape index (κ2) is 4.53.